The first-order chi connectivity index (χ1) is 12.8. The molecule has 1 aromatic heterocycles. The maximum Gasteiger partial charge on any atom is 0.573 e. The molecule has 27 heavy (non-hydrogen) atoms. The molecule has 0 atom stereocenters. The van der Waals surface area contributed by atoms with Gasteiger partial charge in [-0.2, -0.15) is 0 Å². The first-order valence-corrected chi connectivity index (χ1v) is 7.88. The van der Waals surface area contributed by atoms with E-state index in [-0.39, 0.29) is 11.4 Å². The lowest BCUT2D eigenvalue weighted by Crippen LogP contribution is -2.17. The van der Waals surface area contributed by atoms with Gasteiger partial charge in [-0.3, -0.25) is 0 Å². The van der Waals surface area contributed by atoms with Crippen molar-refractivity contribution < 1.29 is 17.9 Å². The molecule has 3 aromatic rings. The predicted molar refractivity (Wildman–Crippen MR) is 97.3 cm³/mol. The van der Waals surface area contributed by atoms with E-state index in [0.717, 1.165) is 11.3 Å². The van der Waals surface area contributed by atoms with Crippen LogP contribution in [0.3, 0.4) is 0 Å². The third-order valence-corrected chi connectivity index (χ3v) is 3.63. The van der Waals surface area contributed by atoms with Crippen molar-refractivity contribution in [3.05, 3.63) is 60.4 Å². The summed E-state index contributed by atoms with van der Waals surface area (Å²) < 4.78 is 40.5. The zero-order valence-electron chi connectivity index (χ0n) is 14.2. The molecule has 9 heteroatoms. The van der Waals surface area contributed by atoms with E-state index in [1.165, 1.54) is 30.6 Å². The van der Waals surface area contributed by atoms with E-state index >= 15 is 0 Å². The van der Waals surface area contributed by atoms with Gasteiger partial charge >= 0.3 is 6.36 Å². The van der Waals surface area contributed by atoms with Crippen LogP contribution in [0.25, 0.3) is 0 Å². The lowest BCUT2D eigenvalue weighted by atomic mass is 10.2. The normalized spacial score (nSPS) is 11.1. The molecule has 0 bridgehead atoms. The second kappa shape index (κ2) is 7.40. The predicted octanol–water partition coefficient (Wildman–Crippen LogP) is 4.75. The average Bonchev–Trinajstić information content (AvgIpc) is 2.61. The Morgan fingerprint density at radius 2 is 1.56 bits per heavy atom. The van der Waals surface area contributed by atoms with Gasteiger partial charge in [0.1, 0.15) is 17.8 Å². The molecule has 140 valence electrons. The molecule has 1 heterocycles. The number of nitrogens with zero attached hydrogens (tertiary/aromatic N) is 2. The van der Waals surface area contributed by atoms with E-state index < -0.39 is 6.36 Å². The highest BCUT2D eigenvalue weighted by molar-refractivity contribution is 5.80. The van der Waals surface area contributed by atoms with E-state index in [0.29, 0.717) is 17.3 Å². The van der Waals surface area contributed by atoms with Gasteiger partial charge in [-0.05, 0) is 42.8 Å². The Bertz CT molecular complexity index is 929. The number of para-hydroxylation sites is 1. The Morgan fingerprint density at radius 3 is 2.19 bits per heavy atom. The molecular formula is C18H16F3N5O. The number of benzene rings is 2. The highest BCUT2D eigenvalue weighted by Gasteiger charge is 2.30. The van der Waals surface area contributed by atoms with Crippen LogP contribution in [0.1, 0.15) is 5.56 Å². The molecule has 0 aliphatic rings. The minimum atomic E-state index is -4.73. The Morgan fingerprint density at radius 1 is 0.926 bits per heavy atom. The quantitative estimate of drug-likeness (QED) is 0.597. The Kier molecular flexibility index (Phi) is 5.02. The summed E-state index contributed by atoms with van der Waals surface area (Å²) in [5.41, 5.74) is 8.76. The summed E-state index contributed by atoms with van der Waals surface area (Å²) in [6.07, 6.45) is -3.40. The van der Waals surface area contributed by atoms with Gasteiger partial charge in [-0.1, -0.05) is 18.2 Å². The summed E-state index contributed by atoms with van der Waals surface area (Å²) >= 11 is 0. The topological polar surface area (TPSA) is 85.1 Å². The van der Waals surface area contributed by atoms with Crippen molar-refractivity contribution >= 4 is 28.7 Å². The number of nitrogen functional groups attached to an aromatic ring is 1. The third-order valence-electron chi connectivity index (χ3n) is 3.63. The van der Waals surface area contributed by atoms with Crippen molar-refractivity contribution in [2.75, 3.05) is 16.4 Å². The van der Waals surface area contributed by atoms with Crippen LogP contribution in [-0.2, 0) is 0 Å². The molecule has 0 unspecified atom stereocenters. The maximum absolute atomic E-state index is 12.2. The molecule has 4 N–H and O–H groups in total. The van der Waals surface area contributed by atoms with Crippen LogP contribution >= 0.6 is 0 Å². The van der Waals surface area contributed by atoms with E-state index in [9.17, 15) is 13.2 Å². The first kappa shape index (κ1) is 18.3. The van der Waals surface area contributed by atoms with Gasteiger partial charge in [0.05, 0.1) is 0 Å². The standard InChI is InChI=1S/C18H16F3N5O/c1-11-4-2-3-5-14(11)26-17-15(22)16(23-10-24-17)25-12-6-8-13(9-7-12)27-18(19,20)21/h2-10H,22H2,1H3,(H2,23,24,25,26). The van der Waals surface area contributed by atoms with Gasteiger partial charge < -0.3 is 21.1 Å². The van der Waals surface area contributed by atoms with Crippen molar-refractivity contribution in [2.45, 2.75) is 13.3 Å². The molecule has 6 nitrogen and oxygen atoms in total. The Hall–Kier alpha value is -3.49. The molecular weight excluding hydrogens is 359 g/mol. The fourth-order valence-electron chi connectivity index (χ4n) is 2.31. The Balaban J connectivity index is 1.77. The molecule has 0 saturated carbocycles. The van der Waals surface area contributed by atoms with E-state index in [1.54, 1.807) is 0 Å². The fraction of sp³-hybridized carbons (Fsp3) is 0.111. The second-order valence-corrected chi connectivity index (χ2v) is 5.62. The summed E-state index contributed by atoms with van der Waals surface area (Å²) in [5.74, 6) is 0.426. The van der Waals surface area contributed by atoms with Gasteiger partial charge in [-0.15, -0.1) is 13.2 Å². The zero-order valence-corrected chi connectivity index (χ0v) is 14.2. The summed E-state index contributed by atoms with van der Waals surface area (Å²) in [4.78, 5) is 8.22. The monoisotopic (exact) mass is 375 g/mol. The second-order valence-electron chi connectivity index (χ2n) is 5.62. The Labute approximate surface area is 153 Å². The van der Waals surface area contributed by atoms with Crippen LogP contribution in [0, 0.1) is 6.92 Å². The van der Waals surface area contributed by atoms with Gasteiger partial charge in [0, 0.05) is 11.4 Å². The van der Waals surface area contributed by atoms with E-state index in [4.69, 9.17) is 5.73 Å². The van der Waals surface area contributed by atoms with Crippen molar-refractivity contribution in [2.24, 2.45) is 0 Å². The van der Waals surface area contributed by atoms with Crippen LogP contribution in [0.4, 0.5) is 41.9 Å². The number of halogens is 3. The number of nitrogens with two attached hydrogens (primary N) is 1. The molecule has 0 saturated heterocycles. The number of rotatable bonds is 5. The lowest BCUT2D eigenvalue weighted by molar-refractivity contribution is -0.274. The molecule has 3 rings (SSSR count). The summed E-state index contributed by atoms with van der Waals surface area (Å²) in [7, 11) is 0. The number of anilines is 5. The smallest absolute Gasteiger partial charge is 0.406 e. The van der Waals surface area contributed by atoms with Crippen molar-refractivity contribution in [3.63, 3.8) is 0 Å². The zero-order chi connectivity index (χ0) is 19.4. The number of hydrogen-bond donors (Lipinski definition) is 3. The number of alkyl halides is 3. The van der Waals surface area contributed by atoms with Gasteiger partial charge in [0.2, 0.25) is 0 Å². The summed E-state index contributed by atoms with van der Waals surface area (Å²) in [6, 6.07) is 12.9. The van der Waals surface area contributed by atoms with E-state index in [2.05, 4.69) is 25.3 Å². The summed E-state index contributed by atoms with van der Waals surface area (Å²) in [6.45, 7) is 1.95. The highest BCUT2D eigenvalue weighted by Crippen LogP contribution is 2.30. The number of nitrogens with one attached hydrogen (secondary N) is 2. The molecule has 0 aliphatic carbocycles. The lowest BCUT2D eigenvalue weighted by Gasteiger charge is -2.14. The van der Waals surface area contributed by atoms with Gasteiger partial charge in [0.25, 0.3) is 0 Å². The van der Waals surface area contributed by atoms with Crippen molar-refractivity contribution in [3.8, 4) is 5.75 Å². The average molecular weight is 375 g/mol. The van der Waals surface area contributed by atoms with Crippen molar-refractivity contribution in [1.29, 1.82) is 0 Å². The maximum atomic E-state index is 12.2. The number of aromatic nitrogens is 2. The van der Waals surface area contributed by atoms with Crippen LogP contribution < -0.4 is 21.1 Å². The molecule has 0 amide bonds. The first-order valence-electron chi connectivity index (χ1n) is 7.88. The molecule has 0 spiro atoms. The molecule has 0 fully saturated rings. The van der Waals surface area contributed by atoms with Crippen LogP contribution in [0.5, 0.6) is 5.75 Å². The van der Waals surface area contributed by atoms with Gasteiger partial charge in [-0.25, -0.2) is 9.97 Å². The third kappa shape index (κ3) is 4.78. The van der Waals surface area contributed by atoms with Crippen LogP contribution in [-0.4, -0.2) is 16.3 Å². The minimum absolute atomic E-state index is 0.274. The van der Waals surface area contributed by atoms with Crippen LogP contribution in [0.2, 0.25) is 0 Å². The molecule has 0 aliphatic heterocycles. The highest BCUT2D eigenvalue weighted by atomic mass is 19.4. The fourth-order valence-corrected chi connectivity index (χ4v) is 2.31. The van der Waals surface area contributed by atoms with Crippen molar-refractivity contribution in [1.82, 2.24) is 9.97 Å². The van der Waals surface area contributed by atoms with E-state index in [1.807, 2.05) is 31.2 Å². The number of hydrogen-bond acceptors (Lipinski definition) is 6. The minimum Gasteiger partial charge on any atom is -0.406 e. The molecule has 2 aromatic carbocycles. The number of aryl methyl sites for hydroxylation is 1. The summed E-state index contributed by atoms with van der Waals surface area (Å²) in [5, 5.41) is 6.09. The molecule has 0 radical (unpaired) electrons. The van der Waals surface area contributed by atoms with Gasteiger partial charge in [0.15, 0.2) is 11.6 Å². The van der Waals surface area contributed by atoms with Crippen LogP contribution in [0.15, 0.2) is 54.9 Å². The SMILES string of the molecule is Cc1ccccc1Nc1ncnc(Nc2ccc(OC(F)(F)F)cc2)c1N. The largest absolute Gasteiger partial charge is 0.573 e. The number of ether oxygens (including phenoxy) is 1.